The molecule has 0 spiro atoms. The Morgan fingerprint density at radius 1 is 1.29 bits per heavy atom. The molecular formula is C18H27ClN2O3. The third-order valence-corrected chi connectivity index (χ3v) is 4.81. The van der Waals surface area contributed by atoms with Crippen LogP contribution in [0.5, 0.6) is 5.75 Å². The molecule has 24 heavy (non-hydrogen) atoms. The van der Waals surface area contributed by atoms with Gasteiger partial charge in [-0.1, -0.05) is 31.0 Å². The summed E-state index contributed by atoms with van der Waals surface area (Å²) >= 11 is 0. The molecule has 1 aromatic carbocycles. The molecule has 3 rings (SSSR count). The van der Waals surface area contributed by atoms with E-state index in [1.807, 2.05) is 29.2 Å². The third kappa shape index (κ3) is 4.41. The van der Waals surface area contributed by atoms with Crippen molar-refractivity contribution in [2.75, 3.05) is 33.4 Å². The number of benzene rings is 1. The maximum absolute atomic E-state index is 12.7. The summed E-state index contributed by atoms with van der Waals surface area (Å²) in [6.45, 7) is 2.46. The molecular weight excluding hydrogens is 328 g/mol. The van der Waals surface area contributed by atoms with Crippen molar-refractivity contribution in [3.8, 4) is 5.75 Å². The third-order valence-electron chi connectivity index (χ3n) is 4.81. The zero-order valence-corrected chi connectivity index (χ0v) is 15.0. The van der Waals surface area contributed by atoms with Crippen LogP contribution in [0.4, 0.5) is 0 Å². The number of methoxy groups -OCH3 is 1. The number of carbonyl (C=O) groups is 1. The van der Waals surface area contributed by atoms with E-state index < -0.39 is 0 Å². The van der Waals surface area contributed by atoms with E-state index in [0.717, 1.165) is 37.2 Å². The molecule has 1 aromatic rings. The number of carbonyl (C=O) groups excluding carboxylic acids is 1. The fourth-order valence-corrected chi connectivity index (χ4v) is 3.55. The van der Waals surface area contributed by atoms with Gasteiger partial charge in [0.1, 0.15) is 12.4 Å². The van der Waals surface area contributed by atoms with Gasteiger partial charge in [-0.05, 0) is 18.9 Å². The molecule has 1 N–H and O–H groups in total. The van der Waals surface area contributed by atoms with Crippen LogP contribution in [0, 0.1) is 0 Å². The summed E-state index contributed by atoms with van der Waals surface area (Å²) in [7, 11) is 1.67. The van der Waals surface area contributed by atoms with Gasteiger partial charge in [0.05, 0.1) is 19.3 Å². The average molecular weight is 355 g/mol. The van der Waals surface area contributed by atoms with E-state index in [9.17, 15) is 4.79 Å². The van der Waals surface area contributed by atoms with E-state index in [1.165, 1.54) is 12.8 Å². The van der Waals surface area contributed by atoms with Crippen molar-refractivity contribution in [2.45, 2.75) is 37.8 Å². The second-order valence-corrected chi connectivity index (χ2v) is 6.27. The summed E-state index contributed by atoms with van der Waals surface area (Å²) in [6.07, 6.45) is 4.88. The van der Waals surface area contributed by atoms with Crippen LogP contribution in [0.3, 0.4) is 0 Å². The smallest absolute Gasteiger partial charge is 0.249 e. The Balaban J connectivity index is 0.00000208. The first-order valence-corrected chi connectivity index (χ1v) is 8.54. The highest BCUT2D eigenvalue weighted by Gasteiger charge is 2.30. The molecule has 2 fully saturated rings. The van der Waals surface area contributed by atoms with Gasteiger partial charge < -0.3 is 19.7 Å². The molecule has 1 amide bonds. The van der Waals surface area contributed by atoms with E-state index in [4.69, 9.17) is 9.47 Å². The Bertz CT molecular complexity index is 535. The molecule has 1 aliphatic carbocycles. The Morgan fingerprint density at radius 2 is 2.04 bits per heavy atom. The van der Waals surface area contributed by atoms with E-state index in [-0.39, 0.29) is 37.1 Å². The van der Waals surface area contributed by atoms with Gasteiger partial charge in [0, 0.05) is 25.2 Å². The van der Waals surface area contributed by atoms with Crippen LogP contribution < -0.4 is 10.1 Å². The largest absolute Gasteiger partial charge is 0.496 e. The number of amides is 1. The minimum absolute atomic E-state index is 0. The van der Waals surface area contributed by atoms with Gasteiger partial charge in [-0.3, -0.25) is 4.79 Å². The van der Waals surface area contributed by atoms with Crippen molar-refractivity contribution in [1.82, 2.24) is 10.2 Å². The van der Waals surface area contributed by atoms with E-state index >= 15 is 0 Å². The number of hydrogen-bond acceptors (Lipinski definition) is 4. The van der Waals surface area contributed by atoms with Crippen molar-refractivity contribution in [3.63, 3.8) is 0 Å². The summed E-state index contributed by atoms with van der Waals surface area (Å²) in [5.41, 5.74) is 1.05. The predicted molar refractivity (Wildman–Crippen MR) is 95.8 cm³/mol. The normalized spacial score (nSPS) is 21.4. The first-order valence-electron chi connectivity index (χ1n) is 8.54. The lowest BCUT2D eigenvalue weighted by Crippen LogP contribution is -2.50. The highest BCUT2D eigenvalue weighted by Crippen LogP contribution is 2.30. The Kier molecular flexibility index (Phi) is 7.34. The van der Waals surface area contributed by atoms with Crippen LogP contribution in [0.1, 0.15) is 37.3 Å². The molecule has 1 atom stereocenters. The predicted octanol–water partition coefficient (Wildman–Crippen LogP) is 2.55. The molecule has 1 unspecified atom stereocenters. The van der Waals surface area contributed by atoms with Crippen molar-refractivity contribution in [2.24, 2.45) is 0 Å². The lowest BCUT2D eigenvalue weighted by Gasteiger charge is -2.37. The number of ether oxygens (including phenoxy) is 2. The van der Waals surface area contributed by atoms with E-state index in [1.54, 1.807) is 7.11 Å². The lowest BCUT2D eigenvalue weighted by atomic mass is 10.0. The molecule has 1 saturated carbocycles. The van der Waals surface area contributed by atoms with Gasteiger partial charge in [-0.15, -0.1) is 12.4 Å². The minimum atomic E-state index is -0.000391. The first-order chi connectivity index (χ1) is 11.3. The summed E-state index contributed by atoms with van der Waals surface area (Å²) in [5, 5.41) is 3.38. The van der Waals surface area contributed by atoms with E-state index in [2.05, 4.69) is 5.32 Å². The van der Waals surface area contributed by atoms with E-state index in [0.29, 0.717) is 6.54 Å². The topological polar surface area (TPSA) is 50.8 Å². The highest BCUT2D eigenvalue weighted by atomic mass is 35.5. The van der Waals surface area contributed by atoms with Gasteiger partial charge in [0.25, 0.3) is 0 Å². The average Bonchev–Trinajstić information content (AvgIpc) is 3.13. The van der Waals surface area contributed by atoms with Crippen LogP contribution in [-0.2, 0) is 9.53 Å². The molecule has 5 nitrogen and oxygen atoms in total. The van der Waals surface area contributed by atoms with Gasteiger partial charge in [0.15, 0.2) is 0 Å². The van der Waals surface area contributed by atoms with Gasteiger partial charge in [-0.25, -0.2) is 0 Å². The number of piperazine rings is 1. The van der Waals surface area contributed by atoms with Crippen molar-refractivity contribution < 1.29 is 14.3 Å². The van der Waals surface area contributed by atoms with Crippen molar-refractivity contribution in [1.29, 1.82) is 0 Å². The van der Waals surface area contributed by atoms with Gasteiger partial charge in [0.2, 0.25) is 5.91 Å². The molecule has 0 aromatic heterocycles. The standard InChI is InChI=1S/C18H26N2O3.ClH/c1-22-17-9-5-4-8-15(17)16-12-19-10-11-20(16)18(21)13-23-14-6-2-3-7-14;/h4-5,8-9,14,16,19H,2-3,6-7,10-13H2,1H3;1H. The molecule has 1 heterocycles. The first kappa shape index (κ1) is 19.0. The molecule has 0 bridgehead atoms. The highest BCUT2D eigenvalue weighted by molar-refractivity contribution is 5.85. The summed E-state index contributed by atoms with van der Waals surface area (Å²) < 4.78 is 11.3. The number of para-hydroxylation sites is 1. The van der Waals surface area contributed by atoms with Crippen LogP contribution in [0.25, 0.3) is 0 Å². The zero-order valence-electron chi connectivity index (χ0n) is 14.2. The van der Waals surface area contributed by atoms with Crippen LogP contribution >= 0.6 is 12.4 Å². The minimum Gasteiger partial charge on any atom is -0.496 e. The molecule has 1 saturated heterocycles. The maximum atomic E-state index is 12.7. The Morgan fingerprint density at radius 3 is 2.79 bits per heavy atom. The molecule has 6 heteroatoms. The van der Waals surface area contributed by atoms with Crippen LogP contribution in [0.2, 0.25) is 0 Å². The molecule has 2 aliphatic rings. The fourth-order valence-electron chi connectivity index (χ4n) is 3.55. The number of hydrogen-bond donors (Lipinski definition) is 1. The number of rotatable bonds is 5. The number of nitrogens with one attached hydrogen (secondary N) is 1. The molecule has 0 radical (unpaired) electrons. The summed E-state index contributed by atoms with van der Waals surface area (Å²) in [5.74, 6) is 0.907. The fraction of sp³-hybridized carbons (Fsp3) is 0.611. The van der Waals surface area contributed by atoms with Crippen molar-refractivity contribution in [3.05, 3.63) is 29.8 Å². The SMILES string of the molecule is COc1ccccc1C1CNCCN1C(=O)COC1CCCC1.Cl. The van der Waals surface area contributed by atoms with Gasteiger partial charge in [-0.2, -0.15) is 0 Å². The molecule has 1 aliphatic heterocycles. The number of halogens is 1. The second-order valence-electron chi connectivity index (χ2n) is 6.27. The van der Waals surface area contributed by atoms with Crippen LogP contribution in [-0.4, -0.2) is 50.3 Å². The summed E-state index contributed by atoms with van der Waals surface area (Å²) in [4.78, 5) is 14.6. The Hall–Kier alpha value is -1.30. The number of nitrogens with zero attached hydrogens (tertiary/aromatic N) is 1. The lowest BCUT2D eigenvalue weighted by molar-refractivity contribution is -0.141. The second kappa shape index (κ2) is 9.25. The maximum Gasteiger partial charge on any atom is 0.249 e. The molecule has 134 valence electrons. The zero-order chi connectivity index (χ0) is 16.1. The Labute approximate surface area is 150 Å². The van der Waals surface area contributed by atoms with Crippen LogP contribution in [0.15, 0.2) is 24.3 Å². The van der Waals surface area contributed by atoms with Crippen molar-refractivity contribution >= 4 is 18.3 Å². The van der Waals surface area contributed by atoms with Gasteiger partial charge >= 0.3 is 0 Å². The quantitative estimate of drug-likeness (QED) is 0.882. The summed E-state index contributed by atoms with van der Waals surface area (Å²) in [6, 6.07) is 7.92. The monoisotopic (exact) mass is 354 g/mol.